The van der Waals surface area contributed by atoms with Crippen LogP contribution in [-0.4, -0.2) is 13.2 Å². The highest BCUT2D eigenvalue weighted by molar-refractivity contribution is 4.84. The van der Waals surface area contributed by atoms with Gasteiger partial charge in [-0.15, -0.1) is 0 Å². The van der Waals surface area contributed by atoms with Crippen LogP contribution in [-0.2, 0) is 4.74 Å². The SMILES string of the molecule is CO[13C@@H]1CC[C@H]2CCC[C@@H]1C2. The number of rotatable bonds is 1. The molecule has 0 amide bonds. The van der Waals surface area contributed by atoms with Gasteiger partial charge in [-0.3, -0.25) is 0 Å². The van der Waals surface area contributed by atoms with Gasteiger partial charge in [0.2, 0.25) is 0 Å². The van der Waals surface area contributed by atoms with Gasteiger partial charge in [0, 0.05) is 7.11 Å². The third-order valence-corrected chi connectivity index (χ3v) is 3.51. The van der Waals surface area contributed by atoms with E-state index in [0.717, 1.165) is 11.8 Å². The molecule has 3 atom stereocenters. The molecule has 2 aliphatic carbocycles. The van der Waals surface area contributed by atoms with Crippen molar-refractivity contribution < 1.29 is 4.74 Å². The number of fused-ring (bicyclic) bond motifs is 2. The van der Waals surface area contributed by atoms with Crippen LogP contribution in [0.1, 0.15) is 38.5 Å². The highest BCUT2D eigenvalue weighted by atomic mass is 16.5. The summed E-state index contributed by atoms with van der Waals surface area (Å²) in [6, 6.07) is 0. The number of ether oxygens (including phenoxy) is 1. The first kappa shape index (κ1) is 7.60. The second kappa shape index (κ2) is 3.14. The smallest absolute Gasteiger partial charge is 0.0599 e. The van der Waals surface area contributed by atoms with Crippen LogP contribution in [0.15, 0.2) is 0 Å². The molecule has 0 aromatic carbocycles. The van der Waals surface area contributed by atoms with Gasteiger partial charge >= 0.3 is 0 Å². The van der Waals surface area contributed by atoms with Gasteiger partial charge in [-0.1, -0.05) is 12.8 Å². The maximum absolute atomic E-state index is 5.48. The predicted octanol–water partition coefficient (Wildman–Crippen LogP) is 2.60. The Labute approximate surface area is 69.1 Å². The fourth-order valence-corrected chi connectivity index (χ4v) is 2.88. The molecule has 2 saturated carbocycles. The summed E-state index contributed by atoms with van der Waals surface area (Å²) >= 11 is 0. The predicted molar refractivity (Wildman–Crippen MR) is 45.5 cm³/mol. The summed E-state index contributed by atoms with van der Waals surface area (Å²) in [6.07, 6.45) is 9.18. The monoisotopic (exact) mass is 155 g/mol. The lowest BCUT2D eigenvalue weighted by atomic mass is 9.78. The summed E-state index contributed by atoms with van der Waals surface area (Å²) < 4.78 is 5.48. The minimum atomic E-state index is 0.603. The maximum atomic E-state index is 5.48. The van der Waals surface area contributed by atoms with Crippen molar-refractivity contribution in [2.45, 2.75) is 44.6 Å². The summed E-state index contributed by atoms with van der Waals surface area (Å²) in [5, 5.41) is 0. The van der Waals surface area contributed by atoms with Gasteiger partial charge in [-0.05, 0) is 37.5 Å². The molecule has 0 N–H and O–H groups in total. The van der Waals surface area contributed by atoms with Crippen molar-refractivity contribution in [1.82, 2.24) is 0 Å². The highest BCUT2D eigenvalue weighted by Crippen LogP contribution is 2.40. The molecule has 2 aliphatic rings. The molecule has 1 nitrogen and oxygen atoms in total. The minimum Gasteiger partial charge on any atom is -0.381 e. The molecule has 64 valence electrons. The fourth-order valence-electron chi connectivity index (χ4n) is 2.88. The summed E-state index contributed by atoms with van der Waals surface area (Å²) in [5.74, 6) is 1.97. The lowest BCUT2D eigenvalue weighted by Crippen LogP contribution is -2.33. The number of hydrogen-bond donors (Lipinski definition) is 0. The van der Waals surface area contributed by atoms with Gasteiger partial charge in [0.25, 0.3) is 0 Å². The maximum Gasteiger partial charge on any atom is 0.0599 e. The minimum absolute atomic E-state index is 0.603. The molecule has 0 unspecified atom stereocenters. The van der Waals surface area contributed by atoms with Crippen LogP contribution in [0.3, 0.4) is 0 Å². The van der Waals surface area contributed by atoms with Crippen molar-refractivity contribution in [2.24, 2.45) is 11.8 Å². The van der Waals surface area contributed by atoms with Gasteiger partial charge in [-0.25, -0.2) is 0 Å². The van der Waals surface area contributed by atoms with Crippen molar-refractivity contribution in [2.75, 3.05) is 7.11 Å². The second-order valence-corrected chi connectivity index (χ2v) is 4.14. The number of hydrogen-bond acceptors (Lipinski definition) is 1. The summed E-state index contributed by atoms with van der Waals surface area (Å²) in [4.78, 5) is 0. The van der Waals surface area contributed by atoms with Crippen LogP contribution in [0.25, 0.3) is 0 Å². The normalized spacial score (nSPS) is 43.9. The zero-order valence-electron chi connectivity index (χ0n) is 7.38. The summed E-state index contributed by atoms with van der Waals surface area (Å²) in [7, 11) is 1.87. The third kappa shape index (κ3) is 1.44. The molecule has 11 heavy (non-hydrogen) atoms. The molecule has 1 heteroatoms. The Morgan fingerprint density at radius 2 is 2.00 bits per heavy atom. The fraction of sp³-hybridized carbons (Fsp3) is 1.00. The molecule has 0 aromatic rings. The average Bonchev–Trinajstić information content (AvgIpc) is 2.06. The van der Waals surface area contributed by atoms with Gasteiger partial charge < -0.3 is 4.74 Å². The molecule has 0 radical (unpaired) electrons. The molecule has 0 saturated heterocycles. The zero-order valence-corrected chi connectivity index (χ0v) is 7.38. The lowest BCUT2D eigenvalue weighted by molar-refractivity contribution is -0.0112. The van der Waals surface area contributed by atoms with Crippen molar-refractivity contribution in [1.29, 1.82) is 0 Å². The molecule has 2 rings (SSSR count). The second-order valence-electron chi connectivity index (χ2n) is 4.14. The number of methoxy groups -OCH3 is 1. The molecular weight excluding hydrogens is 137 g/mol. The van der Waals surface area contributed by atoms with Crippen LogP contribution in [0.2, 0.25) is 0 Å². The zero-order chi connectivity index (χ0) is 7.68. The molecular formula is C10H18O. The third-order valence-electron chi connectivity index (χ3n) is 3.51. The van der Waals surface area contributed by atoms with E-state index in [1.165, 1.54) is 38.5 Å². The van der Waals surface area contributed by atoms with E-state index in [2.05, 4.69) is 0 Å². The van der Waals surface area contributed by atoms with Crippen LogP contribution < -0.4 is 0 Å². The van der Waals surface area contributed by atoms with Gasteiger partial charge in [0.15, 0.2) is 0 Å². The van der Waals surface area contributed by atoms with Crippen LogP contribution in [0, 0.1) is 11.8 Å². The molecule has 0 aromatic heterocycles. The molecule has 0 spiro atoms. The van der Waals surface area contributed by atoms with Crippen LogP contribution >= 0.6 is 0 Å². The Morgan fingerprint density at radius 3 is 2.82 bits per heavy atom. The van der Waals surface area contributed by atoms with Crippen molar-refractivity contribution in [3.8, 4) is 0 Å². The Bertz CT molecular complexity index is 133. The van der Waals surface area contributed by atoms with Crippen LogP contribution in [0.4, 0.5) is 0 Å². The Kier molecular flexibility index (Phi) is 2.17. The van der Waals surface area contributed by atoms with Gasteiger partial charge in [0.1, 0.15) is 0 Å². The molecule has 2 bridgehead atoms. The Balaban J connectivity index is 1.97. The van der Waals surface area contributed by atoms with Crippen molar-refractivity contribution >= 4 is 0 Å². The van der Waals surface area contributed by atoms with Crippen molar-refractivity contribution in [3.05, 3.63) is 0 Å². The lowest BCUT2D eigenvalue weighted by Gasteiger charge is -2.39. The summed E-state index contributed by atoms with van der Waals surface area (Å²) in [6.45, 7) is 0. The topological polar surface area (TPSA) is 9.23 Å². The van der Waals surface area contributed by atoms with E-state index in [1.54, 1.807) is 0 Å². The largest absolute Gasteiger partial charge is 0.381 e. The van der Waals surface area contributed by atoms with E-state index in [4.69, 9.17) is 4.74 Å². The standard InChI is InChI=1S/C10H18O/c1-11-10-6-5-8-3-2-4-9(10)7-8/h8-10H,2-7H2,1H3/t8-,9-,10-/m1/s1/i10+1. The quantitative estimate of drug-likeness (QED) is 0.529. The van der Waals surface area contributed by atoms with Crippen molar-refractivity contribution in [3.63, 3.8) is 0 Å². The first-order valence-electron chi connectivity index (χ1n) is 4.93. The average molecular weight is 155 g/mol. The van der Waals surface area contributed by atoms with E-state index in [9.17, 15) is 0 Å². The molecule has 0 aliphatic heterocycles. The van der Waals surface area contributed by atoms with E-state index < -0.39 is 0 Å². The van der Waals surface area contributed by atoms with E-state index in [1.807, 2.05) is 7.11 Å². The highest BCUT2D eigenvalue weighted by Gasteiger charge is 2.32. The Hall–Kier alpha value is -0.0400. The molecule has 0 heterocycles. The Morgan fingerprint density at radius 1 is 1.09 bits per heavy atom. The first-order valence-corrected chi connectivity index (χ1v) is 4.93. The van der Waals surface area contributed by atoms with Gasteiger partial charge in [0.05, 0.1) is 6.10 Å². The first-order chi connectivity index (χ1) is 5.40. The van der Waals surface area contributed by atoms with Gasteiger partial charge in [-0.2, -0.15) is 0 Å². The van der Waals surface area contributed by atoms with E-state index >= 15 is 0 Å². The van der Waals surface area contributed by atoms with E-state index in [0.29, 0.717) is 6.10 Å². The summed E-state index contributed by atoms with van der Waals surface area (Å²) in [5.41, 5.74) is 0. The van der Waals surface area contributed by atoms with Crippen LogP contribution in [0.5, 0.6) is 0 Å². The van der Waals surface area contributed by atoms with E-state index in [-0.39, 0.29) is 0 Å². The molecule has 2 fully saturated rings.